The van der Waals surface area contributed by atoms with Crippen LogP contribution in [0.25, 0.3) is 5.69 Å². The van der Waals surface area contributed by atoms with E-state index in [9.17, 15) is 4.79 Å². The summed E-state index contributed by atoms with van der Waals surface area (Å²) in [5, 5.41) is 8.68. The fraction of sp³-hybridized carbons (Fsp3) is 0.167. The van der Waals surface area contributed by atoms with Gasteiger partial charge in [-0.1, -0.05) is 6.07 Å². The molecule has 0 radical (unpaired) electrons. The van der Waals surface area contributed by atoms with Gasteiger partial charge >= 0.3 is 5.97 Å². The van der Waals surface area contributed by atoms with Crippen molar-refractivity contribution in [2.24, 2.45) is 0 Å². The Morgan fingerprint density at radius 1 is 1.53 bits per heavy atom. The van der Waals surface area contributed by atoms with Gasteiger partial charge in [-0.3, -0.25) is 4.79 Å². The number of aliphatic carboxylic acids is 1. The first-order chi connectivity index (χ1) is 8.06. The number of carboxylic acid groups (broad SMARTS) is 1. The molecule has 0 atom stereocenters. The number of aryl methyl sites for hydroxylation is 1. The summed E-state index contributed by atoms with van der Waals surface area (Å²) in [4.78, 5) is 14.6. The van der Waals surface area contributed by atoms with E-state index in [0.29, 0.717) is 5.69 Å². The summed E-state index contributed by atoms with van der Waals surface area (Å²) in [5.74, 6) is -0.877. The number of imidazole rings is 1. The van der Waals surface area contributed by atoms with Gasteiger partial charge < -0.3 is 9.67 Å². The Bertz CT molecular complexity index is 563. The molecule has 1 heterocycles. The van der Waals surface area contributed by atoms with Gasteiger partial charge in [-0.05, 0) is 40.5 Å². The number of hydrogen-bond acceptors (Lipinski definition) is 2. The molecule has 1 N–H and O–H groups in total. The molecule has 0 saturated carbocycles. The number of carbonyl (C=O) groups is 1. The van der Waals surface area contributed by atoms with Gasteiger partial charge in [0.2, 0.25) is 0 Å². The van der Waals surface area contributed by atoms with Gasteiger partial charge in [-0.2, -0.15) is 0 Å². The normalized spacial score (nSPS) is 10.5. The Morgan fingerprint density at radius 3 is 2.94 bits per heavy atom. The van der Waals surface area contributed by atoms with Gasteiger partial charge in [-0.15, -0.1) is 0 Å². The van der Waals surface area contributed by atoms with Gasteiger partial charge in [0.1, 0.15) is 0 Å². The van der Waals surface area contributed by atoms with Gasteiger partial charge in [0.25, 0.3) is 0 Å². The lowest BCUT2D eigenvalue weighted by atomic mass is 10.2. The van der Waals surface area contributed by atoms with Gasteiger partial charge in [0.05, 0.1) is 24.1 Å². The molecule has 1 aromatic heterocycles. The summed E-state index contributed by atoms with van der Waals surface area (Å²) in [6.45, 7) is 2.01. The first kappa shape index (κ1) is 11.9. The predicted molar refractivity (Wildman–Crippen MR) is 67.3 cm³/mol. The molecule has 0 aliphatic carbocycles. The lowest BCUT2D eigenvalue weighted by Gasteiger charge is -2.05. The molecule has 0 saturated heterocycles. The summed E-state index contributed by atoms with van der Waals surface area (Å²) >= 11 is 3.48. The lowest BCUT2D eigenvalue weighted by molar-refractivity contribution is -0.136. The topological polar surface area (TPSA) is 55.1 Å². The van der Waals surface area contributed by atoms with Crippen molar-refractivity contribution >= 4 is 21.9 Å². The number of halogens is 1. The van der Waals surface area contributed by atoms with Crippen molar-refractivity contribution in [2.45, 2.75) is 13.3 Å². The molecular weight excluding hydrogens is 284 g/mol. The van der Waals surface area contributed by atoms with E-state index in [-0.39, 0.29) is 6.42 Å². The molecule has 0 unspecified atom stereocenters. The molecule has 0 amide bonds. The quantitative estimate of drug-likeness (QED) is 0.947. The highest BCUT2D eigenvalue weighted by molar-refractivity contribution is 9.10. The van der Waals surface area contributed by atoms with Crippen LogP contribution >= 0.6 is 15.9 Å². The first-order valence-corrected chi connectivity index (χ1v) is 5.87. The van der Waals surface area contributed by atoms with E-state index < -0.39 is 5.97 Å². The van der Waals surface area contributed by atoms with Crippen LogP contribution in [0, 0.1) is 6.92 Å². The lowest BCUT2D eigenvalue weighted by Crippen LogP contribution is -2.00. The van der Waals surface area contributed by atoms with E-state index >= 15 is 0 Å². The van der Waals surface area contributed by atoms with E-state index in [2.05, 4.69) is 20.9 Å². The van der Waals surface area contributed by atoms with Crippen LogP contribution in [0.4, 0.5) is 0 Å². The highest BCUT2D eigenvalue weighted by Gasteiger charge is 2.07. The molecule has 0 spiro atoms. The van der Waals surface area contributed by atoms with Crippen molar-refractivity contribution in [3.05, 3.63) is 46.5 Å². The third-order valence-electron chi connectivity index (χ3n) is 2.35. The molecule has 0 bridgehead atoms. The van der Waals surface area contributed by atoms with Crippen LogP contribution in [0.1, 0.15) is 11.3 Å². The second kappa shape index (κ2) is 4.71. The number of rotatable bonds is 3. The Kier molecular flexibility index (Phi) is 3.28. The third-order valence-corrected chi connectivity index (χ3v) is 2.98. The molecule has 1 aromatic carbocycles. The van der Waals surface area contributed by atoms with Crippen LogP contribution in [-0.2, 0) is 11.2 Å². The fourth-order valence-corrected chi connectivity index (χ4v) is 2.26. The average molecular weight is 295 g/mol. The van der Waals surface area contributed by atoms with Crippen molar-refractivity contribution < 1.29 is 9.90 Å². The van der Waals surface area contributed by atoms with E-state index in [1.54, 1.807) is 12.5 Å². The summed E-state index contributed by atoms with van der Waals surface area (Å²) in [5.41, 5.74) is 2.65. The monoisotopic (exact) mass is 294 g/mol. The number of hydrogen-bond donors (Lipinski definition) is 1. The average Bonchev–Trinajstić information content (AvgIpc) is 2.65. The molecule has 0 fully saturated rings. The largest absolute Gasteiger partial charge is 0.481 e. The number of benzene rings is 1. The third kappa shape index (κ3) is 2.74. The maximum Gasteiger partial charge on any atom is 0.309 e. The van der Waals surface area contributed by atoms with Crippen LogP contribution in [0.2, 0.25) is 0 Å². The van der Waals surface area contributed by atoms with Gasteiger partial charge in [0, 0.05) is 10.7 Å². The minimum absolute atomic E-state index is 0.0590. The van der Waals surface area contributed by atoms with Crippen LogP contribution in [0.15, 0.2) is 35.2 Å². The number of carboxylic acids is 1. The van der Waals surface area contributed by atoms with Crippen molar-refractivity contribution in [1.82, 2.24) is 9.55 Å². The summed E-state index contributed by atoms with van der Waals surface area (Å²) in [6.07, 6.45) is 3.29. The smallest absolute Gasteiger partial charge is 0.309 e. The Labute approximate surface area is 107 Å². The summed E-state index contributed by atoms with van der Waals surface area (Å²) < 4.78 is 2.76. The zero-order valence-electron chi connectivity index (χ0n) is 9.22. The summed E-state index contributed by atoms with van der Waals surface area (Å²) in [7, 11) is 0. The molecular formula is C12H11BrN2O2. The number of aromatic nitrogens is 2. The highest BCUT2D eigenvalue weighted by Crippen LogP contribution is 2.22. The minimum Gasteiger partial charge on any atom is -0.481 e. The predicted octanol–water partition coefficient (Wildman–Crippen LogP) is 2.57. The molecule has 5 heteroatoms. The van der Waals surface area contributed by atoms with Crippen molar-refractivity contribution in [3.8, 4) is 5.69 Å². The molecule has 2 aromatic rings. The minimum atomic E-state index is -0.877. The van der Waals surface area contributed by atoms with E-state index in [4.69, 9.17) is 5.11 Å². The van der Waals surface area contributed by atoms with Gasteiger partial charge in [-0.25, -0.2) is 4.98 Å². The summed E-state index contributed by atoms with van der Waals surface area (Å²) in [6, 6.07) is 5.97. The van der Waals surface area contributed by atoms with E-state index in [1.807, 2.05) is 29.7 Å². The fourth-order valence-electron chi connectivity index (χ4n) is 1.56. The molecule has 0 aliphatic rings. The maximum atomic E-state index is 10.6. The SMILES string of the molecule is Cc1ccc(-n2cnc(CC(=O)O)c2)c(Br)c1. The zero-order chi connectivity index (χ0) is 12.4. The van der Waals surface area contributed by atoms with E-state index in [1.165, 1.54) is 0 Å². The van der Waals surface area contributed by atoms with Crippen molar-refractivity contribution in [2.75, 3.05) is 0 Å². The van der Waals surface area contributed by atoms with Crippen molar-refractivity contribution in [1.29, 1.82) is 0 Å². The van der Waals surface area contributed by atoms with Crippen LogP contribution in [0.3, 0.4) is 0 Å². The first-order valence-electron chi connectivity index (χ1n) is 5.07. The van der Waals surface area contributed by atoms with Crippen molar-refractivity contribution in [3.63, 3.8) is 0 Å². The second-order valence-electron chi connectivity index (χ2n) is 3.80. The Hall–Kier alpha value is -1.62. The molecule has 4 nitrogen and oxygen atoms in total. The Balaban J connectivity index is 2.33. The zero-order valence-corrected chi connectivity index (χ0v) is 10.8. The van der Waals surface area contributed by atoms with Crippen LogP contribution in [0.5, 0.6) is 0 Å². The van der Waals surface area contributed by atoms with Crippen LogP contribution < -0.4 is 0 Å². The maximum absolute atomic E-state index is 10.6. The standard InChI is InChI=1S/C12H11BrN2O2/c1-8-2-3-11(10(13)4-8)15-6-9(14-7-15)5-12(16)17/h2-4,6-7H,5H2,1H3,(H,16,17). The van der Waals surface area contributed by atoms with Gasteiger partial charge in [0.15, 0.2) is 0 Å². The van der Waals surface area contributed by atoms with E-state index in [0.717, 1.165) is 15.7 Å². The molecule has 88 valence electrons. The number of nitrogens with zero attached hydrogens (tertiary/aromatic N) is 2. The second-order valence-corrected chi connectivity index (χ2v) is 4.65. The molecule has 17 heavy (non-hydrogen) atoms. The molecule has 0 aliphatic heterocycles. The Morgan fingerprint density at radius 2 is 2.29 bits per heavy atom. The highest BCUT2D eigenvalue weighted by atomic mass is 79.9. The molecule has 2 rings (SSSR count). The van der Waals surface area contributed by atoms with Crippen LogP contribution in [-0.4, -0.2) is 20.6 Å².